The maximum atomic E-state index is 12.4. The first-order valence-corrected chi connectivity index (χ1v) is 8.46. The average Bonchev–Trinajstić information content (AvgIpc) is 2.95. The molecule has 0 unspecified atom stereocenters. The van der Waals surface area contributed by atoms with Gasteiger partial charge in [0.1, 0.15) is 5.88 Å². The summed E-state index contributed by atoms with van der Waals surface area (Å²) in [4.78, 5) is 11.4. The maximum Gasteiger partial charge on any atom is 0.243 e. The highest BCUT2D eigenvalue weighted by Gasteiger charge is 2.27. The van der Waals surface area contributed by atoms with Gasteiger partial charge in [0.15, 0.2) is 0 Å². The molecular weight excluding hydrogens is 323 g/mol. The van der Waals surface area contributed by atoms with Gasteiger partial charge in [0.25, 0.3) is 0 Å². The second kappa shape index (κ2) is 6.30. The van der Waals surface area contributed by atoms with Crippen molar-refractivity contribution in [1.29, 1.82) is 0 Å². The molecule has 8 heteroatoms. The summed E-state index contributed by atoms with van der Waals surface area (Å²) in [5.41, 5.74) is 0.248. The van der Waals surface area contributed by atoms with E-state index in [0.29, 0.717) is 13.1 Å². The number of sulfonamides is 1. The van der Waals surface area contributed by atoms with Gasteiger partial charge in [-0.2, -0.15) is 4.31 Å². The molecule has 0 aromatic heterocycles. The van der Waals surface area contributed by atoms with Gasteiger partial charge in [-0.15, -0.1) is 11.6 Å². The average molecular weight is 337 g/mol. The van der Waals surface area contributed by atoms with E-state index in [1.807, 2.05) is 0 Å². The summed E-state index contributed by atoms with van der Waals surface area (Å²) in [6.45, 7) is 1.04. The van der Waals surface area contributed by atoms with Crippen LogP contribution in [0.2, 0.25) is 5.02 Å². The smallest absolute Gasteiger partial charge is 0.243 e. The van der Waals surface area contributed by atoms with Gasteiger partial charge in [-0.1, -0.05) is 11.6 Å². The number of benzene rings is 1. The molecular formula is C12H14Cl2N2O3S. The van der Waals surface area contributed by atoms with Crippen molar-refractivity contribution in [2.24, 2.45) is 0 Å². The third-order valence-electron chi connectivity index (χ3n) is 3.04. The molecule has 0 aliphatic carbocycles. The van der Waals surface area contributed by atoms with Crippen molar-refractivity contribution in [3.63, 3.8) is 0 Å². The lowest BCUT2D eigenvalue weighted by Gasteiger charge is -2.16. The summed E-state index contributed by atoms with van der Waals surface area (Å²) in [6.07, 6.45) is 1.73. The van der Waals surface area contributed by atoms with Gasteiger partial charge in [-0.25, -0.2) is 8.42 Å². The second-order valence-electron chi connectivity index (χ2n) is 4.43. The summed E-state index contributed by atoms with van der Waals surface area (Å²) < 4.78 is 26.2. The summed E-state index contributed by atoms with van der Waals surface area (Å²) >= 11 is 11.3. The SMILES string of the molecule is O=C(CCl)Nc1cc(S(=O)(=O)N2CCCC2)ccc1Cl. The largest absolute Gasteiger partial charge is 0.324 e. The Morgan fingerprint density at radius 2 is 1.95 bits per heavy atom. The Morgan fingerprint density at radius 1 is 1.30 bits per heavy atom. The molecule has 0 spiro atoms. The fourth-order valence-electron chi connectivity index (χ4n) is 2.02. The minimum absolute atomic E-state index is 0.119. The molecule has 110 valence electrons. The van der Waals surface area contributed by atoms with Gasteiger partial charge in [0, 0.05) is 13.1 Å². The molecule has 1 aliphatic heterocycles. The highest BCUT2D eigenvalue weighted by molar-refractivity contribution is 7.89. The lowest BCUT2D eigenvalue weighted by molar-refractivity contribution is -0.113. The van der Waals surface area contributed by atoms with Crippen molar-refractivity contribution < 1.29 is 13.2 Å². The van der Waals surface area contributed by atoms with Crippen LogP contribution in [0.3, 0.4) is 0 Å². The molecule has 0 atom stereocenters. The van der Waals surface area contributed by atoms with Gasteiger partial charge < -0.3 is 5.32 Å². The molecule has 2 rings (SSSR count). The van der Waals surface area contributed by atoms with Gasteiger partial charge in [-0.3, -0.25) is 4.79 Å². The zero-order chi connectivity index (χ0) is 14.8. The minimum atomic E-state index is -3.53. The van der Waals surface area contributed by atoms with Crippen molar-refractivity contribution in [2.45, 2.75) is 17.7 Å². The minimum Gasteiger partial charge on any atom is -0.324 e. The fraction of sp³-hybridized carbons (Fsp3) is 0.417. The van der Waals surface area contributed by atoms with Crippen LogP contribution in [0.4, 0.5) is 5.69 Å². The lowest BCUT2D eigenvalue weighted by atomic mass is 10.3. The quantitative estimate of drug-likeness (QED) is 0.858. The molecule has 5 nitrogen and oxygen atoms in total. The first kappa shape index (κ1) is 15.6. The van der Waals surface area contributed by atoms with Crippen LogP contribution >= 0.6 is 23.2 Å². The van der Waals surface area contributed by atoms with Crippen molar-refractivity contribution in [3.05, 3.63) is 23.2 Å². The van der Waals surface area contributed by atoms with Crippen molar-refractivity contribution in [1.82, 2.24) is 4.31 Å². The van der Waals surface area contributed by atoms with Crippen molar-refractivity contribution >= 4 is 44.8 Å². The summed E-state index contributed by atoms with van der Waals surface area (Å²) in [5, 5.41) is 2.74. The van der Waals surface area contributed by atoms with E-state index < -0.39 is 15.9 Å². The van der Waals surface area contributed by atoms with E-state index in [1.165, 1.54) is 22.5 Å². The molecule has 1 aromatic carbocycles. The summed E-state index contributed by atoms with van der Waals surface area (Å²) in [5.74, 6) is -0.663. The number of nitrogens with one attached hydrogen (secondary N) is 1. The summed E-state index contributed by atoms with van der Waals surface area (Å²) in [6, 6.07) is 4.25. The van der Waals surface area contributed by atoms with E-state index in [-0.39, 0.29) is 21.5 Å². The fourth-order valence-corrected chi connectivity index (χ4v) is 3.80. The number of alkyl halides is 1. The Labute approximate surface area is 127 Å². The molecule has 0 saturated carbocycles. The van der Waals surface area contributed by atoms with Crippen LogP contribution in [0.1, 0.15) is 12.8 Å². The molecule has 0 radical (unpaired) electrons. The highest BCUT2D eigenvalue weighted by Crippen LogP contribution is 2.28. The highest BCUT2D eigenvalue weighted by atomic mass is 35.5. The van der Waals surface area contributed by atoms with Crippen LogP contribution in [0.5, 0.6) is 0 Å². The molecule has 1 amide bonds. The van der Waals surface area contributed by atoms with Gasteiger partial charge in [-0.05, 0) is 31.0 Å². The van der Waals surface area contributed by atoms with Gasteiger partial charge >= 0.3 is 0 Å². The number of carbonyl (C=O) groups is 1. The normalized spacial score (nSPS) is 16.3. The third-order valence-corrected chi connectivity index (χ3v) is 5.50. The molecule has 1 fully saturated rings. The van der Waals surface area contributed by atoms with E-state index in [0.717, 1.165) is 12.8 Å². The second-order valence-corrected chi connectivity index (χ2v) is 7.05. The molecule has 1 N–H and O–H groups in total. The lowest BCUT2D eigenvalue weighted by Crippen LogP contribution is -2.28. The first-order chi connectivity index (χ1) is 9.45. The van der Waals surface area contributed by atoms with Crippen LogP contribution < -0.4 is 5.32 Å². The van der Waals surface area contributed by atoms with Crippen LogP contribution in [0.25, 0.3) is 0 Å². The topological polar surface area (TPSA) is 66.5 Å². The van der Waals surface area contributed by atoms with Crippen LogP contribution in [-0.2, 0) is 14.8 Å². The van der Waals surface area contributed by atoms with E-state index in [9.17, 15) is 13.2 Å². The standard InChI is InChI=1S/C12H14Cl2N2O3S/c13-8-12(17)15-11-7-9(3-4-10(11)14)20(18,19)16-5-1-2-6-16/h3-4,7H,1-2,5-6,8H2,(H,15,17). The monoisotopic (exact) mass is 336 g/mol. The number of halogens is 2. The number of hydrogen-bond donors (Lipinski definition) is 1. The predicted octanol–water partition coefficient (Wildman–Crippen LogP) is 2.30. The van der Waals surface area contributed by atoms with Gasteiger partial charge in [0.05, 0.1) is 15.6 Å². The molecule has 1 aromatic rings. The number of carbonyl (C=O) groups excluding carboxylic acids is 1. The van der Waals surface area contributed by atoms with E-state index in [1.54, 1.807) is 0 Å². The van der Waals surface area contributed by atoms with Crippen molar-refractivity contribution in [2.75, 3.05) is 24.3 Å². The van der Waals surface area contributed by atoms with Crippen LogP contribution in [-0.4, -0.2) is 37.6 Å². The number of nitrogens with zero attached hydrogens (tertiary/aromatic N) is 1. The molecule has 1 saturated heterocycles. The summed E-state index contributed by atoms with van der Waals surface area (Å²) in [7, 11) is -3.53. The molecule has 20 heavy (non-hydrogen) atoms. The molecule has 0 bridgehead atoms. The van der Waals surface area contributed by atoms with Gasteiger partial charge in [0.2, 0.25) is 15.9 Å². The molecule has 1 aliphatic rings. The van der Waals surface area contributed by atoms with Crippen LogP contribution in [0.15, 0.2) is 23.1 Å². The third kappa shape index (κ3) is 3.25. The number of hydrogen-bond acceptors (Lipinski definition) is 3. The number of rotatable bonds is 4. The van der Waals surface area contributed by atoms with Crippen molar-refractivity contribution in [3.8, 4) is 0 Å². The maximum absolute atomic E-state index is 12.4. The van der Waals surface area contributed by atoms with E-state index in [4.69, 9.17) is 23.2 Å². The Kier molecular flexibility index (Phi) is 4.90. The molecule has 1 heterocycles. The zero-order valence-electron chi connectivity index (χ0n) is 10.6. The van der Waals surface area contributed by atoms with E-state index in [2.05, 4.69) is 5.32 Å². The van der Waals surface area contributed by atoms with Crippen LogP contribution in [0, 0.1) is 0 Å². The Morgan fingerprint density at radius 3 is 2.55 bits per heavy atom. The zero-order valence-corrected chi connectivity index (χ0v) is 12.9. The Bertz CT molecular complexity index is 613. The predicted molar refractivity (Wildman–Crippen MR) is 78.8 cm³/mol. The van der Waals surface area contributed by atoms with E-state index >= 15 is 0 Å². The first-order valence-electron chi connectivity index (χ1n) is 6.10. The Hall–Kier alpha value is -0.820. The number of amides is 1. The Balaban J connectivity index is 2.33. The number of anilines is 1.